The van der Waals surface area contributed by atoms with Gasteiger partial charge in [-0.2, -0.15) is 5.10 Å². The van der Waals surface area contributed by atoms with E-state index in [0.29, 0.717) is 0 Å². The molecule has 1 aromatic heterocycles. The molecular weight excluding hydrogens is 384 g/mol. The number of carbonyl (C=O) groups is 1. The lowest BCUT2D eigenvalue weighted by molar-refractivity contribution is -0.384. The number of amides is 1. The van der Waals surface area contributed by atoms with Crippen LogP contribution in [0.3, 0.4) is 0 Å². The standard InChI is InChI=1S/C18H16N4O7/c19-18(26)14-9-13(20-21(14)5-6-23)17-15(25)7-11(24)8-16(17)29-12-3-1-10(2-4-12)22(27)28/h1-4,7-9,23-25H,5-6H2,(H2,19,26). The second-order valence-electron chi connectivity index (χ2n) is 5.92. The average Bonchev–Trinajstić information content (AvgIpc) is 3.05. The second kappa shape index (κ2) is 7.86. The van der Waals surface area contributed by atoms with E-state index in [1.54, 1.807) is 0 Å². The molecule has 0 saturated heterocycles. The summed E-state index contributed by atoms with van der Waals surface area (Å²) in [7, 11) is 0. The van der Waals surface area contributed by atoms with Crippen LogP contribution in [-0.2, 0) is 6.54 Å². The highest BCUT2D eigenvalue weighted by Crippen LogP contribution is 2.42. The molecule has 0 atom stereocenters. The third-order valence-electron chi connectivity index (χ3n) is 3.94. The summed E-state index contributed by atoms with van der Waals surface area (Å²) >= 11 is 0. The number of aliphatic hydroxyl groups is 1. The normalized spacial score (nSPS) is 10.7. The highest BCUT2D eigenvalue weighted by molar-refractivity contribution is 5.93. The van der Waals surface area contributed by atoms with Gasteiger partial charge in [0, 0.05) is 24.3 Å². The Morgan fingerprint density at radius 1 is 1.21 bits per heavy atom. The summed E-state index contributed by atoms with van der Waals surface area (Å²) in [6, 6.07) is 8.76. The molecule has 2 aromatic carbocycles. The first-order chi connectivity index (χ1) is 13.8. The van der Waals surface area contributed by atoms with Gasteiger partial charge in [-0.1, -0.05) is 0 Å². The molecule has 1 amide bonds. The number of aromatic nitrogens is 2. The number of aliphatic hydroxyl groups excluding tert-OH is 1. The molecule has 0 bridgehead atoms. The van der Waals surface area contributed by atoms with Gasteiger partial charge in [-0.15, -0.1) is 0 Å². The number of carbonyl (C=O) groups excluding carboxylic acids is 1. The molecule has 150 valence electrons. The number of benzene rings is 2. The largest absolute Gasteiger partial charge is 0.508 e. The molecule has 0 aliphatic heterocycles. The Balaban J connectivity index is 2.07. The molecule has 29 heavy (non-hydrogen) atoms. The number of nitro benzene ring substituents is 1. The van der Waals surface area contributed by atoms with Gasteiger partial charge in [-0.3, -0.25) is 19.6 Å². The number of rotatable bonds is 7. The molecule has 1 heterocycles. The molecule has 0 radical (unpaired) electrons. The maximum Gasteiger partial charge on any atom is 0.269 e. The number of phenolic OH excluding ortho intramolecular Hbond substituents is 2. The highest BCUT2D eigenvalue weighted by atomic mass is 16.6. The fourth-order valence-corrected chi connectivity index (χ4v) is 2.69. The summed E-state index contributed by atoms with van der Waals surface area (Å²) in [4.78, 5) is 21.8. The number of hydrogen-bond acceptors (Lipinski definition) is 8. The maximum absolute atomic E-state index is 11.6. The van der Waals surface area contributed by atoms with Crippen molar-refractivity contribution in [1.29, 1.82) is 0 Å². The van der Waals surface area contributed by atoms with Gasteiger partial charge >= 0.3 is 0 Å². The fourth-order valence-electron chi connectivity index (χ4n) is 2.69. The van der Waals surface area contributed by atoms with Crippen LogP contribution in [0.25, 0.3) is 11.3 Å². The zero-order valence-corrected chi connectivity index (χ0v) is 14.8. The maximum atomic E-state index is 11.6. The number of hydrogen-bond donors (Lipinski definition) is 4. The van der Waals surface area contributed by atoms with Crippen molar-refractivity contribution in [3.8, 4) is 34.3 Å². The van der Waals surface area contributed by atoms with E-state index in [1.165, 1.54) is 41.1 Å². The van der Waals surface area contributed by atoms with Crippen LogP contribution in [0.4, 0.5) is 5.69 Å². The number of phenols is 2. The van der Waals surface area contributed by atoms with Gasteiger partial charge in [0.25, 0.3) is 11.6 Å². The van der Waals surface area contributed by atoms with E-state index in [1.807, 2.05) is 0 Å². The number of nitrogens with two attached hydrogens (primary N) is 1. The number of nitrogens with zero attached hydrogens (tertiary/aromatic N) is 3. The van der Waals surface area contributed by atoms with Crippen LogP contribution in [0, 0.1) is 10.1 Å². The predicted molar refractivity (Wildman–Crippen MR) is 99.8 cm³/mol. The average molecular weight is 400 g/mol. The molecule has 11 nitrogen and oxygen atoms in total. The van der Waals surface area contributed by atoms with Gasteiger partial charge in [0.15, 0.2) is 0 Å². The first-order valence-corrected chi connectivity index (χ1v) is 8.27. The molecule has 0 aliphatic rings. The van der Waals surface area contributed by atoms with Crippen LogP contribution in [-0.4, -0.2) is 42.5 Å². The summed E-state index contributed by atoms with van der Waals surface area (Å²) < 4.78 is 6.85. The highest BCUT2D eigenvalue weighted by Gasteiger charge is 2.21. The van der Waals surface area contributed by atoms with Crippen molar-refractivity contribution in [3.63, 3.8) is 0 Å². The number of non-ortho nitro benzene ring substituents is 1. The Bertz CT molecular complexity index is 1080. The van der Waals surface area contributed by atoms with Gasteiger partial charge in [0.05, 0.1) is 23.6 Å². The van der Waals surface area contributed by atoms with Crippen molar-refractivity contribution >= 4 is 11.6 Å². The van der Waals surface area contributed by atoms with Crippen molar-refractivity contribution in [2.75, 3.05) is 6.61 Å². The van der Waals surface area contributed by atoms with Crippen LogP contribution in [0.15, 0.2) is 42.5 Å². The number of aromatic hydroxyl groups is 2. The summed E-state index contributed by atoms with van der Waals surface area (Å²) in [6.45, 7) is -0.301. The Kier molecular flexibility index (Phi) is 5.32. The third kappa shape index (κ3) is 4.09. The van der Waals surface area contributed by atoms with Crippen molar-refractivity contribution in [3.05, 3.63) is 58.3 Å². The molecule has 0 spiro atoms. The number of primary amides is 1. The summed E-state index contributed by atoms with van der Waals surface area (Å²) in [5, 5.41) is 44.3. The van der Waals surface area contributed by atoms with E-state index in [2.05, 4.69) is 5.10 Å². The van der Waals surface area contributed by atoms with Crippen molar-refractivity contribution in [2.24, 2.45) is 5.73 Å². The van der Waals surface area contributed by atoms with Crippen molar-refractivity contribution in [2.45, 2.75) is 6.54 Å². The Morgan fingerprint density at radius 3 is 2.48 bits per heavy atom. The lowest BCUT2D eigenvalue weighted by atomic mass is 10.1. The summed E-state index contributed by atoms with van der Waals surface area (Å²) in [5.74, 6) is -1.28. The minimum Gasteiger partial charge on any atom is -0.508 e. The fraction of sp³-hybridized carbons (Fsp3) is 0.111. The van der Waals surface area contributed by atoms with Gasteiger partial charge in [0.1, 0.15) is 34.4 Å². The van der Waals surface area contributed by atoms with Gasteiger partial charge in [0.2, 0.25) is 0 Å². The third-order valence-corrected chi connectivity index (χ3v) is 3.94. The topological polar surface area (TPSA) is 174 Å². The lowest BCUT2D eigenvalue weighted by Crippen LogP contribution is -2.18. The summed E-state index contributed by atoms with van der Waals surface area (Å²) in [6.07, 6.45) is 0. The molecule has 3 rings (SSSR count). The minimum atomic E-state index is -0.784. The van der Waals surface area contributed by atoms with E-state index in [0.717, 1.165) is 6.07 Å². The van der Waals surface area contributed by atoms with Crippen LogP contribution in [0.1, 0.15) is 10.5 Å². The molecule has 0 saturated carbocycles. The molecule has 0 fully saturated rings. The van der Waals surface area contributed by atoms with E-state index < -0.39 is 10.8 Å². The van der Waals surface area contributed by atoms with E-state index in [4.69, 9.17) is 15.6 Å². The number of ether oxygens (including phenoxy) is 1. The summed E-state index contributed by atoms with van der Waals surface area (Å²) in [5.41, 5.74) is 5.37. The zero-order valence-electron chi connectivity index (χ0n) is 14.8. The van der Waals surface area contributed by atoms with E-state index >= 15 is 0 Å². The van der Waals surface area contributed by atoms with Crippen molar-refractivity contribution in [1.82, 2.24) is 9.78 Å². The van der Waals surface area contributed by atoms with Crippen LogP contribution >= 0.6 is 0 Å². The van der Waals surface area contributed by atoms with Crippen LogP contribution < -0.4 is 10.5 Å². The van der Waals surface area contributed by atoms with E-state index in [-0.39, 0.29) is 58.8 Å². The first-order valence-electron chi connectivity index (χ1n) is 8.27. The quantitative estimate of drug-likeness (QED) is 0.343. The van der Waals surface area contributed by atoms with Gasteiger partial charge in [-0.05, 0) is 18.2 Å². The molecule has 5 N–H and O–H groups in total. The van der Waals surface area contributed by atoms with Gasteiger partial charge < -0.3 is 25.8 Å². The van der Waals surface area contributed by atoms with Gasteiger partial charge in [-0.25, -0.2) is 0 Å². The lowest BCUT2D eigenvalue weighted by Gasteiger charge is -2.12. The zero-order chi connectivity index (χ0) is 21.1. The first kappa shape index (κ1) is 19.6. The Hall–Kier alpha value is -4.12. The monoisotopic (exact) mass is 400 g/mol. The molecule has 0 unspecified atom stereocenters. The minimum absolute atomic E-state index is 0.00260. The molecule has 0 aliphatic carbocycles. The van der Waals surface area contributed by atoms with Crippen LogP contribution in [0.2, 0.25) is 0 Å². The molecule has 3 aromatic rings. The molecule has 11 heteroatoms. The molecular formula is C18H16N4O7. The smallest absolute Gasteiger partial charge is 0.269 e. The number of nitro groups is 1. The Morgan fingerprint density at radius 2 is 1.90 bits per heavy atom. The SMILES string of the molecule is NC(=O)c1cc(-c2c(O)cc(O)cc2Oc2ccc([N+](=O)[O-])cc2)nn1CCO. The van der Waals surface area contributed by atoms with E-state index in [9.17, 15) is 25.1 Å². The Labute approximate surface area is 163 Å². The van der Waals surface area contributed by atoms with Crippen LogP contribution in [0.5, 0.6) is 23.0 Å². The second-order valence-corrected chi connectivity index (χ2v) is 5.92. The predicted octanol–water partition coefficient (Wildman–Crippen LogP) is 1.75. The van der Waals surface area contributed by atoms with Crippen molar-refractivity contribution < 1.29 is 29.8 Å².